The standard InChI is InChI=1S/C5H8Cl2O2S/c1-5(7)3-10(8,9)2-4(5)6/h4H,2-3H2,1H3. The van der Waals surface area contributed by atoms with E-state index >= 15 is 0 Å². The third-order valence-corrected chi connectivity index (χ3v) is 4.92. The molecule has 0 N–H and O–H groups in total. The SMILES string of the molecule is CC1(Cl)CS(=O)(=O)CC1Cl. The van der Waals surface area contributed by atoms with Crippen molar-refractivity contribution < 1.29 is 8.42 Å². The van der Waals surface area contributed by atoms with E-state index in [-0.39, 0.29) is 11.5 Å². The monoisotopic (exact) mass is 202 g/mol. The minimum Gasteiger partial charge on any atom is -0.229 e. The largest absolute Gasteiger partial charge is 0.229 e. The van der Waals surface area contributed by atoms with Crippen molar-refractivity contribution in [2.75, 3.05) is 11.5 Å². The molecule has 1 rings (SSSR count). The van der Waals surface area contributed by atoms with E-state index in [0.717, 1.165) is 0 Å². The van der Waals surface area contributed by atoms with Crippen molar-refractivity contribution in [3.63, 3.8) is 0 Å². The lowest BCUT2D eigenvalue weighted by atomic mass is 10.1. The molecular formula is C5H8Cl2O2S. The fraction of sp³-hybridized carbons (Fsp3) is 1.00. The van der Waals surface area contributed by atoms with Crippen LogP contribution in [-0.4, -0.2) is 30.2 Å². The van der Waals surface area contributed by atoms with E-state index in [4.69, 9.17) is 23.2 Å². The first kappa shape index (κ1) is 8.62. The number of rotatable bonds is 0. The number of sulfone groups is 1. The van der Waals surface area contributed by atoms with Gasteiger partial charge in [-0.15, -0.1) is 23.2 Å². The van der Waals surface area contributed by atoms with Gasteiger partial charge in [0.15, 0.2) is 9.84 Å². The van der Waals surface area contributed by atoms with Crippen molar-refractivity contribution in [1.82, 2.24) is 0 Å². The molecule has 1 heterocycles. The van der Waals surface area contributed by atoms with E-state index in [2.05, 4.69) is 0 Å². The highest BCUT2D eigenvalue weighted by Gasteiger charge is 2.44. The maximum atomic E-state index is 10.9. The van der Waals surface area contributed by atoms with E-state index in [9.17, 15) is 8.42 Å². The van der Waals surface area contributed by atoms with Gasteiger partial charge in [-0.25, -0.2) is 8.42 Å². The lowest BCUT2D eigenvalue weighted by Crippen LogP contribution is -2.26. The molecule has 0 aromatic carbocycles. The Bertz CT molecular complexity index is 232. The lowest BCUT2D eigenvalue weighted by Gasteiger charge is -2.15. The van der Waals surface area contributed by atoms with Gasteiger partial charge in [-0.05, 0) is 6.92 Å². The maximum Gasteiger partial charge on any atom is 0.153 e. The van der Waals surface area contributed by atoms with Crippen LogP contribution in [0, 0.1) is 0 Å². The Morgan fingerprint density at radius 1 is 1.60 bits per heavy atom. The van der Waals surface area contributed by atoms with Crippen LogP contribution in [-0.2, 0) is 9.84 Å². The van der Waals surface area contributed by atoms with E-state index in [0.29, 0.717) is 0 Å². The summed E-state index contributed by atoms with van der Waals surface area (Å²) in [6, 6.07) is 0. The molecule has 1 saturated heterocycles. The second-order valence-electron chi connectivity index (χ2n) is 2.80. The Morgan fingerprint density at radius 3 is 2.20 bits per heavy atom. The number of hydrogen-bond acceptors (Lipinski definition) is 2. The second kappa shape index (κ2) is 2.26. The fourth-order valence-corrected chi connectivity index (χ4v) is 4.38. The zero-order chi connectivity index (χ0) is 7.99. The molecule has 0 spiro atoms. The van der Waals surface area contributed by atoms with Crippen LogP contribution >= 0.6 is 23.2 Å². The summed E-state index contributed by atoms with van der Waals surface area (Å²) in [6.07, 6.45) is 0. The molecule has 1 aliphatic heterocycles. The van der Waals surface area contributed by atoms with Crippen molar-refractivity contribution in [3.8, 4) is 0 Å². The molecule has 0 aliphatic carbocycles. The highest BCUT2D eigenvalue weighted by atomic mass is 35.5. The Kier molecular flexibility index (Phi) is 1.95. The fourth-order valence-electron chi connectivity index (χ4n) is 0.976. The minimum atomic E-state index is -2.97. The van der Waals surface area contributed by atoms with Gasteiger partial charge >= 0.3 is 0 Å². The molecule has 2 atom stereocenters. The molecule has 1 fully saturated rings. The molecule has 1 aliphatic rings. The molecule has 5 heteroatoms. The molecule has 2 nitrogen and oxygen atoms in total. The normalized spacial score (nSPS) is 45.7. The van der Waals surface area contributed by atoms with Crippen molar-refractivity contribution in [2.24, 2.45) is 0 Å². The summed E-state index contributed by atoms with van der Waals surface area (Å²) >= 11 is 11.5. The summed E-state index contributed by atoms with van der Waals surface area (Å²) in [7, 11) is -2.97. The topological polar surface area (TPSA) is 34.1 Å². The zero-order valence-electron chi connectivity index (χ0n) is 5.47. The third-order valence-electron chi connectivity index (χ3n) is 1.56. The molecule has 0 aromatic heterocycles. The van der Waals surface area contributed by atoms with Crippen LogP contribution < -0.4 is 0 Å². The molecule has 60 valence electrons. The van der Waals surface area contributed by atoms with E-state index < -0.39 is 20.1 Å². The molecule has 2 unspecified atom stereocenters. The van der Waals surface area contributed by atoms with Crippen molar-refractivity contribution in [3.05, 3.63) is 0 Å². The van der Waals surface area contributed by atoms with Gasteiger partial charge in [0.2, 0.25) is 0 Å². The van der Waals surface area contributed by atoms with E-state index in [1.807, 2.05) is 0 Å². The Balaban J connectivity index is 2.92. The molecule has 0 radical (unpaired) electrons. The highest BCUT2D eigenvalue weighted by Crippen LogP contribution is 2.33. The van der Waals surface area contributed by atoms with Gasteiger partial charge in [0.1, 0.15) is 0 Å². The first-order valence-electron chi connectivity index (χ1n) is 2.87. The first-order valence-corrected chi connectivity index (χ1v) is 5.50. The first-order chi connectivity index (χ1) is 4.33. The van der Waals surface area contributed by atoms with Crippen molar-refractivity contribution in [2.45, 2.75) is 17.2 Å². The molecule has 0 aromatic rings. The van der Waals surface area contributed by atoms with Gasteiger partial charge in [-0.1, -0.05) is 0 Å². The van der Waals surface area contributed by atoms with E-state index in [1.54, 1.807) is 6.92 Å². The van der Waals surface area contributed by atoms with Gasteiger partial charge in [0.25, 0.3) is 0 Å². The Morgan fingerprint density at radius 2 is 2.10 bits per heavy atom. The van der Waals surface area contributed by atoms with Crippen LogP contribution in [0.2, 0.25) is 0 Å². The average Bonchev–Trinajstić information content (AvgIpc) is 1.73. The quantitative estimate of drug-likeness (QED) is 0.551. The Labute approximate surface area is 70.4 Å². The number of halogens is 2. The maximum absolute atomic E-state index is 10.9. The van der Waals surface area contributed by atoms with Crippen molar-refractivity contribution in [1.29, 1.82) is 0 Å². The average molecular weight is 203 g/mol. The van der Waals surface area contributed by atoms with Gasteiger partial charge in [-0.2, -0.15) is 0 Å². The molecule has 0 saturated carbocycles. The number of alkyl halides is 2. The molecule has 0 bridgehead atoms. The van der Waals surface area contributed by atoms with Gasteiger partial charge in [0, 0.05) is 0 Å². The van der Waals surface area contributed by atoms with Gasteiger partial charge in [0.05, 0.1) is 21.8 Å². The summed E-state index contributed by atoms with van der Waals surface area (Å²) in [5, 5.41) is -0.445. The van der Waals surface area contributed by atoms with Gasteiger partial charge in [-0.3, -0.25) is 0 Å². The summed E-state index contributed by atoms with van der Waals surface area (Å²) in [5.41, 5.74) is 0. The zero-order valence-corrected chi connectivity index (χ0v) is 7.80. The Hall–Kier alpha value is 0.530. The summed E-state index contributed by atoms with van der Waals surface area (Å²) in [5.74, 6) is 0.00424. The van der Waals surface area contributed by atoms with Crippen LogP contribution in [0.15, 0.2) is 0 Å². The summed E-state index contributed by atoms with van der Waals surface area (Å²) in [6.45, 7) is 1.65. The van der Waals surface area contributed by atoms with Crippen molar-refractivity contribution >= 4 is 33.0 Å². The van der Waals surface area contributed by atoms with E-state index in [1.165, 1.54) is 0 Å². The highest BCUT2D eigenvalue weighted by molar-refractivity contribution is 7.92. The summed E-state index contributed by atoms with van der Waals surface area (Å²) in [4.78, 5) is -0.764. The third kappa shape index (κ3) is 1.57. The number of hydrogen-bond donors (Lipinski definition) is 0. The van der Waals surface area contributed by atoms with Gasteiger partial charge < -0.3 is 0 Å². The summed E-state index contributed by atoms with van der Waals surface area (Å²) < 4.78 is 21.8. The minimum absolute atomic E-state index is 0.00424. The van der Waals surface area contributed by atoms with Crippen LogP contribution in [0.4, 0.5) is 0 Å². The van der Waals surface area contributed by atoms with Crippen LogP contribution in [0.5, 0.6) is 0 Å². The second-order valence-corrected chi connectivity index (χ2v) is 6.30. The molecule has 0 amide bonds. The lowest BCUT2D eigenvalue weighted by molar-refractivity contribution is 0.601. The predicted octanol–water partition coefficient (Wildman–Crippen LogP) is 1.02. The molecular weight excluding hydrogens is 195 g/mol. The smallest absolute Gasteiger partial charge is 0.153 e. The van der Waals surface area contributed by atoms with Crippen LogP contribution in [0.25, 0.3) is 0 Å². The molecule has 10 heavy (non-hydrogen) atoms. The van der Waals surface area contributed by atoms with Crippen LogP contribution in [0.1, 0.15) is 6.92 Å². The predicted molar refractivity (Wildman–Crippen MR) is 42.6 cm³/mol. The van der Waals surface area contributed by atoms with Crippen LogP contribution in [0.3, 0.4) is 0 Å².